The third kappa shape index (κ3) is 2.43. The van der Waals surface area contributed by atoms with E-state index in [1.165, 1.54) is 11.3 Å². The smallest absolute Gasteiger partial charge is 0.263 e. The summed E-state index contributed by atoms with van der Waals surface area (Å²) in [5, 5.41) is 0.384. The van der Waals surface area contributed by atoms with Crippen LogP contribution in [-0.4, -0.2) is 20.0 Å². The minimum absolute atomic E-state index is 0.240. The number of hydrogen-bond donors (Lipinski definition) is 1. The molecule has 0 amide bonds. The topological polar surface area (TPSA) is 68.3 Å². The zero-order valence-electron chi connectivity index (χ0n) is 10.2. The quantitative estimate of drug-likeness (QED) is 0.942. The summed E-state index contributed by atoms with van der Waals surface area (Å²) in [6, 6.07) is 4.90. The van der Waals surface area contributed by atoms with Crippen LogP contribution in [0, 0.1) is 6.92 Å². The van der Waals surface area contributed by atoms with E-state index in [0.717, 1.165) is 22.6 Å². The molecule has 2 aromatic rings. The maximum absolute atomic E-state index is 12.2. The van der Waals surface area contributed by atoms with Crippen LogP contribution in [0.5, 0.6) is 5.75 Å². The third-order valence-electron chi connectivity index (χ3n) is 2.81. The molecule has 0 unspecified atom stereocenters. The lowest BCUT2D eigenvalue weighted by molar-refractivity contribution is 0.356. The molecule has 0 saturated heterocycles. The van der Waals surface area contributed by atoms with Gasteiger partial charge in [0.05, 0.1) is 11.5 Å². The summed E-state index contributed by atoms with van der Waals surface area (Å²) in [5.41, 5.74) is 0.929. The van der Waals surface area contributed by atoms with Gasteiger partial charge >= 0.3 is 0 Å². The van der Waals surface area contributed by atoms with Crippen molar-refractivity contribution in [2.24, 2.45) is 0 Å². The van der Waals surface area contributed by atoms with Crippen molar-refractivity contribution in [1.29, 1.82) is 0 Å². The SMILES string of the molecule is Cc1cnc(NS(=O)(=O)c2ccc3c(c2)CCO3)s1. The van der Waals surface area contributed by atoms with Gasteiger partial charge in [0.15, 0.2) is 5.13 Å². The van der Waals surface area contributed by atoms with Gasteiger partial charge in [0, 0.05) is 17.5 Å². The number of sulfonamides is 1. The zero-order chi connectivity index (χ0) is 13.5. The first-order valence-electron chi connectivity index (χ1n) is 5.75. The van der Waals surface area contributed by atoms with Gasteiger partial charge in [0.1, 0.15) is 5.75 Å². The van der Waals surface area contributed by atoms with E-state index in [9.17, 15) is 8.42 Å². The van der Waals surface area contributed by atoms with E-state index < -0.39 is 10.0 Å². The lowest BCUT2D eigenvalue weighted by Gasteiger charge is -2.06. The molecule has 1 aliphatic rings. The number of aryl methyl sites for hydroxylation is 1. The van der Waals surface area contributed by atoms with Crippen LogP contribution in [0.4, 0.5) is 5.13 Å². The molecule has 19 heavy (non-hydrogen) atoms. The molecule has 1 N–H and O–H groups in total. The van der Waals surface area contributed by atoms with Gasteiger partial charge in [-0.25, -0.2) is 13.4 Å². The molecular weight excluding hydrogens is 284 g/mol. The highest BCUT2D eigenvalue weighted by Gasteiger charge is 2.20. The Labute approximate surface area is 115 Å². The van der Waals surface area contributed by atoms with Crippen molar-refractivity contribution in [3.8, 4) is 5.75 Å². The van der Waals surface area contributed by atoms with Gasteiger partial charge in [-0.05, 0) is 30.7 Å². The highest BCUT2D eigenvalue weighted by Crippen LogP contribution is 2.28. The molecule has 1 aromatic heterocycles. The number of aromatic nitrogens is 1. The Morgan fingerprint density at radius 1 is 1.42 bits per heavy atom. The Morgan fingerprint density at radius 3 is 3.00 bits per heavy atom. The molecule has 1 aromatic carbocycles. The molecule has 0 fully saturated rings. The second-order valence-corrected chi connectivity index (χ2v) is 7.17. The molecule has 1 aliphatic heterocycles. The minimum Gasteiger partial charge on any atom is -0.493 e. The van der Waals surface area contributed by atoms with Gasteiger partial charge in [-0.15, -0.1) is 11.3 Å². The van der Waals surface area contributed by atoms with Crippen molar-refractivity contribution < 1.29 is 13.2 Å². The number of rotatable bonds is 3. The Hall–Kier alpha value is -1.60. The lowest BCUT2D eigenvalue weighted by atomic mass is 10.2. The van der Waals surface area contributed by atoms with Crippen molar-refractivity contribution in [1.82, 2.24) is 4.98 Å². The van der Waals surface area contributed by atoms with Gasteiger partial charge < -0.3 is 4.74 Å². The average molecular weight is 296 g/mol. The summed E-state index contributed by atoms with van der Waals surface area (Å²) in [5.74, 6) is 0.768. The number of anilines is 1. The highest BCUT2D eigenvalue weighted by atomic mass is 32.2. The lowest BCUT2D eigenvalue weighted by Crippen LogP contribution is -2.12. The number of nitrogens with one attached hydrogen (secondary N) is 1. The monoisotopic (exact) mass is 296 g/mol. The van der Waals surface area contributed by atoms with Crippen LogP contribution in [0.25, 0.3) is 0 Å². The van der Waals surface area contributed by atoms with Gasteiger partial charge in [-0.2, -0.15) is 0 Å². The van der Waals surface area contributed by atoms with Crippen LogP contribution in [0.3, 0.4) is 0 Å². The van der Waals surface area contributed by atoms with E-state index in [4.69, 9.17) is 4.74 Å². The predicted octanol–water partition coefficient (Wildman–Crippen LogP) is 2.19. The molecule has 0 saturated carbocycles. The third-order valence-corrected chi connectivity index (χ3v) is 5.11. The fourth-order valence-corrected chi connectivity index (χ4v) is 3.86. The van der Waals surface area contributed by atoms with Crippen molar-refractivity contribution in [2.45, 2.75) is 18.2 Å². The number of hydrogen-bond acceptors (Lipinski definition) is 5. The number of nitrogens with zero attached hydrogens (tertiary/aromatic N) is 1. The van der Waals surface area contributed by atoms with E-state index in [-0.39, 0.29) is 4.90 Å². The van der Waals surface area contributed by atoms with E-state index in [2.05, 4.69) is 9.71 Å². The van der Waals surface area contributed by atoms with E-state index >= 15 is 0 Å². The van der Waals surface area contributed by atoms with Crippen LogP contribution in [0.15, 0.2) is 29.3 Å². The summed E-state index contributed by atoms with van der Waals surface area (Å²) in [6.45, 7) is 2.49. The second-order valence-electron chi connectivity index (χ2n) is 4.25. The molecule has 0 aliphatic carbocycles. The summed E-state index contributed by atoms with van der Waals surface area (Å²) in [6.07, 6.45) is 2.38. The van der Waals surface area contributed by atoms with Crippen LogP contribution in [0.2, 0.25) is 0 Å². The fourth-order valence-electron chi connectivity index (χ4n) is 1.91. The summed E-state index contributed by atoms with van der Waals surface area (Å²) >= 11 is 1.31. The normalized spacial score (nSPS) is 13.9. The molecule has 3 rings (SSSR count). The number of ether oxygens (including phenoxy) is 1. The predicted molar refractivity (Wildman–Crippen MR) is 73.3 cm³/mol. The van der Waals surface area contributed by atoms with E-state index in [1.54, 1.807) is 24.4 Å². The Balaban J connectivity index is 1.92. The molecule has 0 atom stereocenters. The first-order valence-corrected chi connectivity index (χ1v) is 8.05. The second kappa shape index (κ2) is 4.50. The number of benzene rings is 1. The zero-order valence-corrected chi connectivity index (χ0v) is 11.8. The van der Waals surface area contributed by atoms with Crippen molar-refractivity contribution in [3.05, 3.63) is 34.8 Å². The highest BCUT2D eigenvalue weighted by molar-refractivity contribution is 7.93. The molecule has 0 spiro atoms. The molecule has 100 valence electrons. The summed E-state index contributed by atoms with van der Waals surface area (Å²) in [4.78, 5) is 5.20. The van der Waals surface area contributed by atoms with Gasteiger partial charge in [0.25, 0.3) is 10.0 Å². The molecule has 0 bridgehead atoms. The van der Waals surface area contributed by atoms with Crippen molar-refractivity contribution in [2.75, 3.05) is 11.3 Å². The maximum atomic E-state index is 12.2. The molecular formula is C12H12N2O3S2. The Kier molecular flexibility index (Phi) is 2.94. The summed E-state index contributed by atoms with van der Waals surface area (Å²) in [7, 11) is -3.58. The van der Waals surface area contributed by atoms with Crippen LogP contribution in [0.1, 0.15) is 10.4 Å². The van der Waals surface area contributed by atoms with Gasteiger partial charge in [-0.1, -0.05) is 0 Å². The molecule has 0 radical (unpaired) electrons. The average Bonchev–Trinajstić information content (AvgIpc) is 2.96. The molecule has 7 heteroatoms. The molecule has 2 heterocycles. The van der Waals surface area contributed by atoms with Crippen LogP contribution < -0.4 is 9.46 Å². The molecule has 5 nitrogen and oxygen atoms in total. The van der Waals surface area contributed by atoms with Crippen LogP contribution >= 0.6 is 11.3 Å². The Morgan fingerprint density at radius 2 is 2.26 bits per heavy atom. The van der Waals surface area contributed by atoms with Gasteiger partial charge in [-0.3, -0.25) is 4.72 Å². The number of thiazole rings is 1. The summed E-state index contributed by atoms with van der Waals surface area (Å²) < 4.78 is 32.3. The standard InChI is InChI=1S/C12H12N2O3S2/c1-8-7-13-12(18-8)14-19(15,16)10-2-3-11-9(6-10)4-5-17-11/h2-3,6-7H,4-5H2,1H3,(H,13,14). The fraction of sp³-hybridized carbons (Fsp3) is 0.250. The number of fused-ring (bicyclic) bond motifs is 1. The first kappa shape index (κ1) is 12.4. The minimum atomic E-state index is -3.58. The van der Waals surface area contributed by atoms with Crippen molar-refractivity contribution in [3.63, 3.8) is 0 Å². The van der Waals surface area contributed by atoms with E-state index in [0.29, 0.717) is 11.7 Å². The van der Waals surface area contributed by atoms with Crippen molar-refractivity contribution >= 4 is 26.5 Å². The maximum Gasteiger partial charge on any atom is 0.263 e. The first-order chi connectivity index (χ1) is 9.04. The van der Waals surface area contributed by atoms with Gasteiger partial charge in [0.2, 0.25) is 0 Å². The van der Waals surface area contributed by atoms with E-state index in [1.807, 2.05) is 6.92 Å². The van der Waals surface area contributed by atoms with Crippen LogP contribution in [-0.2, 0) is 16.4 Å². The largest absolute Gasteiger partial charge is 0.493 e. The Bertz CT molecular complexity index is 722.